The van der Waals surface area contributed by atoms with Gasteiger partial charge in [-0.05, 0) is 37.9 Å². The molecule has 1 aromatic heterocycles. The standard InChI is InChI=1S/C10H16N2O/c1-2-13-10-6-9(4-3-5-11)7-12-8-10/h6-8H,2-5,11H2,1H3. The van der Waals surface area contributed by atoms with Gasteiger partial charge in [0.1, 0.15) is 5.75 Å². The van der Waals surface area contributed by atoms with E-state index < -0.39 is 0 Å². The van der Waals surface area contributed by atoms with Gasteiger partial charge in [0.05, 0.1) is 12.8 Å². The largest absolute Gasteiger partial charge is 0.492 e. The van der Waals surface area contributed by atoms with E-state index in [1.54, 1.807) is 6.20 Å². The normalized spacial score (nSPS) is 10.0. The zero-order valence-electron chi connectivity index (χ0n) is 7.99. The number of nitrogens with two attached hydrogens (primary N) is 1. The first-order valence-electron chi connectivity index (χ1n) is 4.63. The molecule has 0 aliphatic rings. The van der Waals surface area contributed by atoms with Crippen LogP contribution in [0.3, 0.4) is 0 Å². The molecular formula is C10H16N2O. The third-order valence-electron chi connectivity index (χ3n) is 1.75. The molecule has 0 saturated heterocycles. The van der Waals surface area contributed by atoms with Crippen molar-refractivity contribution in [2.75, 3.05) is 13.2 Å². The third kappa shape index (κ3) is 3.42. The molecule has 0 aliphatic heterocycles. The van der Waals surface area contributed by atoms with E-state index in [9.17, 15) is 0 Å². The predicted molar refractivity (Wildman–Crippen MR) is 52.8 cm³/mol. The Morgan fingerprint density at radius 1 is 1.46 bits per heavy atom. The summed E-state index contributed by atoms with van der Waals surface area (Å²) in [5.41, 5.74) is 6.61. The topological polar surface area (TPSA) is 48.1 Å². The number of rotatable bonds is 5. The van der Waals surface area contributed by atoms with Crippen molar-refractivity contribution < 1.29 is 4.74 Å². The van der Waals surface area contributed by atoms with Crippen LogP contribution in [0.5, 0.6) is 5.75 Å². The molecule has 0 amide bonds. The zero-order valence-corrected chi connectivity index (χ0v) is 7.99. The maximum absolute atomic E-state index is 5.42. The van der Waals surface area contributed by atoms with Gasteiger partial charge in [-0.2, -0.15) is 0 Å². The number of hydrogen-bond donors (Lipinski definition) is 1. The van der Waals surface area contributed by atoms with Gasteiger partial charge in [0.2, 0.25) is 0 Å². The molecule has 1 heterocycles. The molecule has 2 N–H and O–H groups in total. The first-order valence-corrected chi connectivity index (χ1v) is 4.63. The second-order valence-corrected chi connectivity index (χ2v) is 2.85. The molecule has 0 fully saturated rings. The van der Waals surface area contributed by atoms with Crippen LogP contribution in [0.2, 0.25) is 0 Å². The Balaban J connectivity index is 2.56. The van der Waals surface area contributed by atoms with Crippen molar-refractivity contribution in [2.45, 2.75) is 19.8 Å². The van der Waals surface area contributed by atoms with Gasteiger partial charge in [-0.15, -0.1) is 0 Å². The Bertz CT molecular complexity index is 250. The van der Waals surface area contributed by atoms with E-state index in [0.717, 1.165) is 25.1 Å². The number of hydrogen-bond acceptors (Lipinski definition) is 3. The molecule has 72 valence electrons. The Labute approximate surface area is 78.9 Å². The quantitative estimate of drug-likeness (QED) is 0.744. The van der Waals surface area contributed by atoms with Gasteiger partial charge < -0.3 is 10.5 Å². The van der Waals surface area contributed by atoms with Crippen LogP contribution < -0.4 is 10.5 Å². The Hall–Kier alpha value is -1.09. The summed E-state index contributed by atoms with van der Waals surface area (Å²) in [6.45, 7) is 3.37. The van der Waals surface area contributed by atoms with Crippen molar-refractivity contribution in [3.05, 3.63) is 24.0 Å². The van der Waals surface area contributed by atoms with Crippen LogP contribution in [0.25, 0.3) is 0 Å². The summed E-state index contributed by atoms with van der Waals surface area (Å²) >= 11 is 0. The van der Waals surface area contributed by atoms with Crippen molar-refractivity contribution in [3.8, 4) is 5.75 Å². The van der Waals surface area contributed by atoms with E-state index in [1.165, 1.54) is 5.56 Å². The molecule has 0 unspecified atom stereocenters. The Morgan fingerprint density at radius 2 is 2.31 bits per heavy atom. The second kappa shape index (κ2) is 5.54. The molecule has 0 atom stereocenters. The minimum atomic E-state index is 0.683. The molecule has 13 heavy (non-hydrogen) atoms. The summed E-state index contributed by atoms with van der Waals surface area (Å²) in [5.74, 6) is 0.844. The fraction of sp³-hybridized carbons (Fsp3) is 0.500. The van der Waals surface area contributed by atoms with E-state index >= 15 is 0 Å². The van der Waals surface area contributed by atoms with Crippen LogP contribution in [0.4, 0.5) is 0 Å². The van der Waals surface area contributed by atoms with Crippen molar-refractivity contribution in [3.63, 3.8) is 0 Å². The lowest BCUT2D eigenvalue weighted by Crippen LogP contribution is -2.01. The Morgan fingerprint density at radius 3 is 3.00 bits per heavy atom. The van der Waals surface area contributed by atoms with Gasteiger partial charge in [0, 0.05) is 6.20 Å². The lowest BCUT2D eigenvalue weighted by atomic mass is 10.1. The molecule has 1 aromatic rings. The number of aryl methyl sites for hydroxylation is 1. The molecule has 1 rings (SSSR count). The summed E-state index contributed by atoms with van der Waals surface area (Å²) in [7, 11) is 0. The number of nitrogens with zero attached hydrogens (tertiary/aromatic N) is 1. The molecular weight excluding hydrogens is 164 g/mol. The fourth-order valence-electron chi connectivity index (χ4n) is 1.15. The lowest BCUT2D eigenvalue weighted by molar-refractivity contribution is 0.338. The Kier molecular flexibility index (Phi) is 4.26. The van der Waals surface area contributed by atoms with Crippen LogP contribution in [-0.4, -0.2) is 18.1 Å². The van der Waals surface area contributed by atoms with Crippen molar-refractivity contribution in [1.82, 2.24) is 4.98 Å². The van der Waals surface area contributed by atoms with Gasteiger partial charge in [0.15, 0.2) is 0 Å². The van der Waals surface area contributed by atoms with E-state index in [4.69, 9.17) is 10.5 Å². The highest BCUT2D eigenvalue weighted by atomic mass is 16.5. The molecule has 0 saturated carbocycles. The van der Waals surface area contributed by atoms with Crippen LogP contribution in [0.1, 0.15) is 18.9 Å². The van der Waals surface area contributed by atoms with Gasteiger partial charge in [-0.1, -0.05) is 0 Å². The highest BCUT2D eigenvalue weighted by molar-refractivity contribution is 5.23. The van der Waals surface area contributed by atoms with E-state index in [1.807, 2.05) is 19.2 Å². The minimum Gasteiger partial charge on any atom is -0.492 e. The molecule has 0 bridgehead atoms. The minimum absolute atomic E-state index is 0.683. The third-order valence-corrected chi connectivity index (χ3v) is 1.75. The van der Waals surface area contributed by atoms with Gasteiger partial charge >= 0.3 is 0 Å². The van der Waals surface area contributed by atoms with Crippen molar-refractivity contribution in [2.24, 2.45) is 5.73 Å². The van der Waals surface area contributed by atoms with Gasteiger partial charge in [-0.3, -0.25) is 4.98 Å². The smallest absolute Gasteiger partial charge is 0.137 e. The summed E-state index contributed by atoms with van der Waals surface area (Å²) < 4.78 is 5.33. The highest BCUT2D eigenvalue weighted by Crippen LogP contribution is 2.11. The van der Waals surface area contributed by atoms with Crippen LogP contribution in [0.15, 0.2) is 18.5 Å². The SMILES string of the molecule is CCOc1cncc(CCCN)c1. The number of ether oxygens (including phenoxy) is 1. The maximum Gasteiger partial charge on any atom is 0.137 e. The monoisotopic (exact) mass is 180 g/mol. The van der Waals surface area contributed by atoms with Crippen LogP contribution in [-0.2, 0) is 6.42 Å². The summed E-state index contributed by atoms with van der Waals surface area (Å²) in [6, 6.07) is 2.02. The molecule has 3 heteroatoms. The molecule has 0 aromatic carbocycles. The van der Waals surface area contributed by atoms with E-state index in [0.29, 0.717) is 6.61 Å². The van der Waals surface area contributed by atoms with Crippen LogP contribution in [0, 0.1) is 0 Å². The lowest BCUT2D eigenvalue weighted by Gasteiger charge is -2.04. The zero-order chi connectivity index (χ0) is 9.52. The van der Waals surface area contributed by atoms with Crippen LogP contribution >= 0.6 is 0 Å². The van der Waals surface area contributed by atoms with Gasteiger partial charge in [-0.25, -0.2) is 0 Å². The predicted octanol–water partition coefficient (Wildman–Crippen LogP) is 1.37. The number of aromatic nitrogens is 1. The average Bonchev–Trinajstić information content (AvgIpc) is 2.16. The molecule has 0 spiro atoms. The first kappa shape index (κ1) is 9.99. The second-order valence-electron chi connectivity index (χ2n) is 2.85. The number of pyridine rings is 1. The highest BCUT2D eigenvalue weighted by Gasteiger charge is 1.96. The fourth-order valence-corrected chi connectivity index (χ4v) is 1.15. The van der Waals surface area contributed by atoms with Crippen molar-refractivity contribution >= 4 is 0 Å². The average molecular weight is 180 g/mol. The van der Waals surface area contributed by atoms with E-state index in [-0.39, 0.29) is 0 Å². The molecule has 3 nitrogen and oxygen atoms in total. The maximum atomic E-state index is 5.42. The van der Waals surface area contributed by atoms with E-state index in [2.05, 4.69) is 4.98 Å². The molecule has 0 aliphatic carbocycles. The van der Waals surface area contributed by atoms with Crippen molar-refractivity contribution in [1.29, 1.82) is 0 Å². The summed E-state index contributed by atoms with van der Waals surface area (Å²) in [5, 5.41) is 0. The molecule has 0 radical (unpaired) electrons. The summed E-state index contributed by atoms with van der Waals surface area (Å²) in [4.78, 5) is 4.09. The summed E-state index contributed by atoms with van der Waals surface area (Å²) in [6.07, 6.45) is 5.56. The van der Waals surface area contributed by atoms with Gasteiger partial charge in [0.25, 0.3) is 0 Å². The first-order chi connectivity index (χ1) is 6.36.